The SMILES string of the molecule is CNC(c1ccc(F)cn1)C(C)CN1CC(C)OCC1C. The molecule has 4 nitrogen and oxygen atoms in total. The van der Waals surface area contributed by atoms with Crippen LogP contribution in [0, 0.1) is 11.7 Å². The van der Waals surface area contributed by atoms with Crippen molar-refractivity contribution in [3.63, 3.8) is 0 Å². The van der Waals surface area contributed by atoms with Gasteiger partial charge in [-0.3, -0.25) is 9.88 Å². The van der Waals surface area contributed by atoms with Gasteiger partial charge in [-0.2, -0.15) is 0 Å². The molecule has 1 aromatic heterocycles. The van der Waals surface area contributed by atoms with E-state index in [1.165, 1.54) is 12.3 Å². The maximum atomic E-state index is 13.0. The average molecular weight is 295 g/mol. The Morgan fingerprint density at radius 1 is 1.48 bits per heavy atom. The molecule has 1 aromatic rings. The molecule has 0 amide bonds. The zero-order valence-electron chi connectivity index (χ0n) is 13.3. The number of ether oxygens (including phenoxy) is 1. The maximum absolute atomic E-state index is 13.0. The molecule has 0 aliphatic carbocycles. The van der Waals surface area contributed by atoms with Gasteiger partial charge in [-0.1, -0.05) is 6.92 Å². The van der Waals surface area contributed by atoms with E-state index in [0.29, 0.717) is 12.0 Å². The van der Waals surface area contributed by atoms with Crippen LogP contribution in [0.1, 0.15) is 32.5 Å². The van der Waals surface area contributed by atoms with Crippen LogP contribution in [0.5, 0.6) is 0 Å². The number of nitrogens with zero attached hydrogens (tertiary/aromatic N) is 2. The molecule has 2 heterocycles. The molecule has 0 radical (unpaired) electrons. The number of hydrogen-bond acceptors (Lipinski definition) is 4. The second-order valence-electron chi connectivity index (χ2n) is 6.09. The number of aromatic nitrogens is 1. The quantitative estimate of drug-likeness (QED) is 0.904. The first-order valence-corrected chi connectivity index (χ1v) is 7.65. The standard InChI is InChI=1S/C16H26FN3O/c1-11(8-20-9-13(3)21-10-12(20)2)16(18-4)15-6-5-14(17)7-19-15/h5-7,11-13,16,18H,8-10H2,1-4H3. The summed E-state index contributed by atoms with van der Waals surface area (Å²) in [5, 5.41) is 3.31. The predicted molar refractivity (Wildman–Crippen MR) is 81.6 cm³/mol. The van der Waals surface area contributed by atoms with Gasteiger partial charge >= 0.3 is 0 Å². The van der Waals surface area contributed by atoms with Crippen molar-refractivity contribution >= 4 is 0 Å². The number of halogens is 1. The first-order chi connectivity index (χ1) is 10.0. The Morgan fingerprint density at radius 2 is 2.24 bits per heavy atom. The van der Waals surface area contributed by atoms with Crippen LogP contribution >= 0.6 is 0 Å². The van der Waals surface area contributed by atoms with Crippen LogP contribution in [-0.2, 0) is 4.74 Å². The summed E-state index contributed by atoms with van der Waals surface area (Å²) in [5.74, 6) is 0.0811. The van der Waals surface area contributed by atoms with Crippen molar-refractivity contribution in [3.05, 3.63) is 29.8 Å². The Labute approximate surface area is 126 Å². The molecule has 1 aliphatic rings. The van der Waals surface area contributed by atoms with Crippen LogP contribution in [0.2, 0.25) is 0 Å². The van der Waals surface area contributed by atoms with Gasteiger partial charge in [0.15, 0.2) is 0 Å². The van der Waals surface area contributed by atoms with Gasteiger partial charge in [0.1, 0.15) is 5.82 Å². The van der Waals surface area contributed by atoms with Gasteiger partial charge in [0.25, 0.3) is 0 Å². The Balaban J connectivity index is 2.02. The highest BCUT2D eigenvalue weighted by molar-refractivity contribution is 5.11. The number of pyridine rings is 1. The van der Waals surface area contributed by atoms with E-state index < -0.39 is 0 Å². The molecule has 4 atom stereocenters. The van der Waals surface area contributed by atoms with Crippen molar-refractivity contribution in [2.45, 2.75) is 39.0 Å². The molecule has 1 N–H and O–H groups in total. The van der Waals surface area contributed by atoms with Gasteiger partial charge in [0.05, 0.1) is 30.6 Å². The minimum Gasteiger partial charge on any atom is -0.376 e. The minimum atomic E-state index is -0.295. The smallest absolute Gasteiger partial charge is 0.141 e. The van der Waals surface area contributed by atoms with E-state index >= 15 is 0 Å². The zero-order chi connectivity index (χ0) is 15.4. The van der Waals surface area contributed by atoms with E-state index in [1.807, 2.05) is 7.05 Å². The van der Waals surface area contributed by atoms with Crippen molar-refractivity contribution in [2.24, 2.45) is 5.92 Å². The number of hydrogen-bond donors (Lipinski definition) is 1. The first-order valence-electron chi connectivity index (χ1n) is 7.65. The fourth-order valence-electron chi connectivity index (χ4n) is 3.00. The lowest BCUT2D eigenvalue weighted by Crippen LogP contribution is -2.49. The van der Waals surface area contributed by atoms with Gasteiger partial charge < -0.3 is 10.1 Å². The fraction of sp³-hybridized carbons (Fsp3) is 0.688. The van der Waals surface area contributed by atoms with Crippen molar-refractivity contribution < 1.29 is 9.13 Å². The lowest BCUT2D eigenvalue weighted by molar-refractivity contribution is -0.0549. The molecule has 1 aliphatic heterocycles. The summed E-state index contributed by atoms with van der Waals surface area (Å²) < 4.78 is 18.7. The van der Waals surface area contributed by atoms with E-state index in [0.717, 1.165) is 25.4 Å². The van der Waals surface area contributed by atoms with E-state index in [1.54, 1.807) is 6.07 Å². The van der Waals surface area contributed by atoms with Crippen LogP contribution in [0.25, 0.3) is 0 Å². The third-order valence-corrected chi connectivity index (χ3v) is 4.21. The van der Waals surface area contributed by atoms with Crippen LogP contribution in [0.3, 0.4) is 0 Å². The highest BCUT2D eigenvalue weighted by Crippen LogP contribution is 2.23. The normalized spacial score (nSPS) is 26.5. The summed E-state index contributed by atoms with van der Waals surface area (Å²) in [7, 11) is 1.93. The average Bonchev–Trinajstić information content (AvgIpc) is 2.46. The summed E-state index contributed by atoms with van der Waals surface area (Å²) in [5.41, 5.74) is 0.889. The monoisotopic (exact) mass is 295 g/mol. The van der Waals surface area contributed by atoms with Crippen LogP contribution in [0.15, 0.2) is 18.3 Å². The molecule has 0 aromatic carbocycles. The van der Waals surface area contributed by atoms with Crippen molar-refractivity contribution in [1.82, 2.24) is 15.2 Å². The predicted octanol–water partition coefficient (Wildman–Crippen LogP) is 2.23. The Hall–Kier alpha value is -1.04. The van der Waals surface area contributed by atoms with E-state index in [-0.39, 0.29) is 18.0 Å². The van der Waals surface area contributed by atoms with Crippen LogP contribution in [-0.4, -0.2) is 48.8 Å². The highest BCUT2D eigenvalue weighted by Gasteiger charge is 2.27. The van der Waals surface area contributed by atoms with Gasteiger partial charge in [-0.25, -0.2) is 4.39 Å². The summed E-state index contributed by atoms with van der Waals surface area (Å²) in [6.07, 6.45) is 1.57. The molecule has 0 spiro atoms. The molecule has 4 unspecified atom stereocenters. The highest BCUT2D eigenvalue weighted by atomic mass is 19.1. The number of rotatable bonds is 5. The molecule has 0 bridgehead atoms. The third-order valence-electron chi connectivity index (χ3n) is 4.21. The van der Waals surface area contributed by atoms with E-state index in [4.69, 9.17) is 4.74 Å². The second kappa shape index (κ2) is 7.29. The Kier molecular flexibility index (Phi) is 5.67. The van der Waals surface area contributed by atoms with Gasteiger partial charge in [-0.05, 0) is 38.9 Å². The molecule has 118 valence electrons. The molecule has 0 saturated carbocycles. The lowest BCUT2D eigenvalue weighted by atomic mass is 9.96. The van der Waals surface area contributed by atoms with E-state index in [2.05, 4.69) is 36.0 Å². The van der Waals surface area contributed by atoms with Crippen LogP contribution in [0.4, 0.5) is 4.39 Å². The van der Waals surface area contributed by atoms with E-state index in [9.17, 15) is 4.39 Å². The summed E-state index contributed by atoms with van der Waals surface area (Å²) >= 11 is 0. The second-order valence-corrected chi connectivity index (χ2v) is 6.09. The minimum absolute atomic E-state index is 0.121. The summed E-state index contributed by atoms with van der Waals surface area (Å²) in [6, 6.07) is 3.79. The fourth-order valence-corrected chi connectivity index (χ4v) is 3.00. The first kappa shape index (κ1) is 16.3. The van der Waals surface area contributed by atoms with Crippen molar-refractivity contribution in [3.8, 4) is 0 Å². The van der Waals surface area contributed by atoms with Gasteiger partial charge in [0.2, 0.25) is 0 Å². The molecule has 1 saturated heterocycles. The molecular formula is C16H26FN3O. The molecule has 21 heavy (non-hydrogen) atoms. The largest absolute Gasteiger partial charge is 0.376 e. The van der Waals surface area contributed by atoms with Crippen molar-refractivity contribution in [2.75, 3.05) is 26.7 Å². The zero-order valence-corrected chi connectivity index (χ0v) is 13.3. The van der Waals surface area contributed by atoms with Gasteiger partial charge in [0, 0.05) is 19.1 Å². The maximum Gasteiger partial charge on any atom is 0.141 e. The topological polar surface area (TPSA) is 37.4 Å². The number of nitrogens with one attached hydrogen (secondary N) is 1. The van der Waals surface area contributed by atoms with Gasteiger partial charge in [-0.15, -0.1) is 0 Å². The van der Waals surface area contributed by atoms with Crippen LogP contribution < -0.4 is 5.32 Å². The summed E-state index contributed by atoms with van der Waals surface area (Å²) in [6.45, 7) is 9.23. The lowest BCUT2D eigenvalue weighted by Gasteiger charge is -2.39. The molecule has 5 heteroatoms. The Bertz CT molecular complexity index is 440. The molecular weight excluding hydrogens is 269 g/mol. The molecule has 2 rings (SSSR count). The number of morpholine rings is 1. The Morgan fingerprint density at radius 3 is 2.86 bits per heavy atom. The van der Waals surface area contributed by atoms with Crippen molar-refractivity contribution in [1.29, 1.82) is 0 Å². The third kappa shape index (κ3) is 4.22. The molecule has 1 fully saturated rings. The summed E-state index contributed by atoms with van der Waals surface area (Å²) in [4.78, 5) is 6.68.